The van der Waals surface area contributed by atoms with Gasteiger partial charge in [0.05, 0.1) is 23.6 Å². The second-order valence-electron chi connectivity index (χ2n) is 9.71. The van der Waals surface area contributed by atoms with Crippen LogP contribution >= 0.6 is 0 Å². The van der Waals surface area contributed by atoms with Crippen molar-refractivity contribution in [1.29, 1.82) is 0 Å². The number of carbonyl (C=O) groups is 1. The Morgan fingerprint density at radius 3 is 2.69 bits per heavy atom. The van der Waals surface area contributed by atoms with E-state index in [9.17, 15) is 9.90 Å². The molecule has 2 aromatic heterocycles. The Balaban J connectivity index is 1.63. The van der Waals surface area contributed by atoms with Gasteiger partial charge in [-0.2, -0.15) is 0 Å². The molecule has 210 valence electrons. The number of amides is 1. The van der Waals surface area contributed by atoms with Gasteiger partial charge in [-0.25, -0.2) is 14.8 Å². The van der Waals surface area contributed by atoms with Gasteiger partial charge in [-0.1, -0.05) is 17.3 Å². The van der Waals surface area contributed by atoms with Gasteiger partial charge in [-0.15, -0.1) is 0 Å². The topological polar surface area (TPSA) is 126 Å². The van der Waals surface area contributed by atoms with E-state index in [1.165, 1.54) is 0 Å². The van der Waals surface area contributed by atoms with Crippen molar-refractivity contribution < 1.29 is 23.9 Å². The van der Waals surface area contributed by atoms with Crippen molar-refractivity contribution in [3.05, 3.63) is 41.8 Å². The minimum atomic E-state index is -0.617. The molecule has 1 atom stereocenters. The van der Waals surface area contributed by atoms with E-state index in [0.717, 1.165) is 41.2 Å². The highest BCUT2D eigenvalue weighted by molar-refractivity contribution is 5.71. The Labute approximate surface area is 229 Å². The first-order chi connectivity index (χ1) is 18.8. The molecule has 0 aliphatic carbocycles. The second-order valence-corrected chi connectivity index (χ2v) is 9.71. The van der Waals surface area contributed by atoms with E-state index in [4.69, 9.17) is 24.0 Å². The molecule has 1 aliphatic rings. The fraction of sp³-hybridized carbons (Fsp3) is 0.500. The van der Waals surface area contributed by atoms with E-state index in [1.807, 2.05) is 58.2 Å². The quantitative estimate of drug-likeness (QED) is 0.396. The van der Waals surface area contributed by atoms with E-state index in [1.54, 1.807) is 11.9 Å². The number of aliphatic hydroxyl groups is 1. The third-order valence-electron chi connectivity index (χ3n) is 6.88. The number of likely N-dealkylation sites (N-methyl/N-ethyl adjacent to an activating group) is 1. The number of likely N-dealkylation sites (tertiary alicyclic amines) is 1. The summed E-state index contributed by atoms with van der Waals surface area (Å²) in [7, 11) is 3.81. The Kier molecular flexibility index (Phi) is 9.36. The number of rotatable bonds is 10. The van der Waals surface area contributed by atoms with Gasteiger partial charge >= 0.3 is 6.09 Å². The zero-order valence-corrected chi connectivity index (χ0v) is 23.3. The summed E-state index contributed by atoms with van der Waals surface area (Å²) in [5.41, 5.74) is 3.10. The number of aryl methyl sites for hydroxylation is 2. The molecule has 0 spiro atoms. The SMILES string of the molecule is CCOC(=O)N1CCC(N(C)c2cc(-c3c(C)noc3C)nc(-c3cccc(OCC(O)CNC)c3)n2)CC1. The van der Waals surface area contributed by atoms with Crippen LogP contribution in [-0.4, -0.2) is 90.3 Å². The zero-order valence-electron chi connectivity index (χ0n) is 23.3. The molecule has 2 N–H and O–H groups in total. The summed E-state index contributed by atoms with van der Waals surface area (Å²) in [5.74, 6) is 2.61. The van der Waals surface area contributed by atoms with Crippen LogP contribution in [0.2, 0.25) is 0 Å². The fourth-order valence-corrected chi connectivity index (χ4v) is 4.77. The van der Waals surface area contributed by atoms with E-state index in [2.05, 4.69) is 15.4 Å². The number of carbonyl (C=O) groups excluding carboxylic acids is 1. The largest absolute Gasteiger partial charge is 0.491 e. The monoisotopic (exact) mass is 538 g/mol. The first kappa shape index (κ1) is 28.3. The Morgan fingerprint density at radius 1 is 1.26 bits per heavy atom. The lowest BCUT2D eigenvalue weighted by atomic mass is 10.0. The molecule has 1 aromatic carbocycles. The summed E-state index contributed by atoms with van der Waals surface area (Å²) in [6, 6.07) is 9.69. The number of hydrogen-bond donors (Lipinski definition) is 2. The van der Waals surface area contributed by atoms with E-state index < -0.39 is 6.10 Å². The van der Waals surface area contributed by atoms with Gasteiger partial charge in [0.1, 0.15) is 30.0 Å². The molecule has 3 heterocycles. The van der Waals surface area contributed by atoms with Crippen molar-refractivity contribution >= 4 is 11.9 Å². The van der Waals surface area contributed by atoms with E-state index in [0.29, 0.717) is 43.6 Å². The Hall–Kier alpha value is -3.70. The zero-order chi connectivity index (χ0) is 27.9. The van der Waals surface area contributed by atoms with Crippen molar-refractivity contribution in [2.75, 3.05) is 51.8 Å². The van der Waals surface area contributed by atoms with E-state index >= 15 is 0 Å². The van der Waals surface area contributed by atoms with Crippen LogP contribution in [0, 0.1) is 13.8 Å². The number of nitrogens with one attached hydrogen (secondary N) is 1. The van der Waals surface area contributed by atoms with Crippen LogP contribution in [0.1, 0.15) is 31.2 Å². The lowest BCUT2D eigenvalue weighted by Crippen LogP contribution is -2.46. The lowest BCUT2D eigenvalue weighted by Gasteiger charge is -2.36. The fourth-order valence-electron chi connectivity index (χ4n) is 4.77. The highest BCUT2D eigenvalue weighted by Crippen LogP contribution is 2.32. The standard InChI is InChI=1S/C28H38N6O5/c1-6-37-28(36)34-12-10-21(11-13-34)33(5)25-15-24(26-18(2)32-39-19(26)3)30-27(31-25)20-8-7-9-23(14-20)38-17-22(35)16-29-4/h7-9,14-15,21-22,29,35H,6,10-13,16-17H2,1-5H3. The number of benzene rings is 1. The summed E-state index contributed by atoms with van der Waals surface area (Å²) in [4.78, 5) is 25.9. The number of piperidine rings is 1. The molecule has 3 aromatic rings. The predicted octanol–water partition coefficient (Wildman–Crippen LogP) is 3.43. The number of ether oxygens (including phenoxy) is 2. The Bertz CT molecular complexity index is 1240. The van der Waals surface area contributed by atoms with E-state index in [-0.39, 0.29) is 18.7 Å². The molecule has 1 fully saturated rings. The van der Waals surface area contributed by atoms with Gasteiger partial charge in [-0.3, -0.25) is 0 Å². The molecule has 0 radical (unpaired) electrons. The van der Waals surface area contributed by atoms with Crippen LogP contribution in [0.3, 0.4) is 0 Å². The van der Waals surface area contributed by atoms with Crippen molar-refractivity contribution in [3.8, 4) is 28.4 Å². The second kappa shape index (κ2) is 12.9. The minimum Gasteiger partial charge on any atom is -0.491 e. The van der Waals surface area contributed by atoms with Crippen LogP contribution < -0.4 is 15.0 Å². The lowest BCUT2D eigenvalue weighted by molar-refractivity contribution is 0.0970. The normalized spacial score (nSPS) is 14.8. The third-order valence-corrected chi connectivity index (χ3v) is 6.88. The summed E-state index contributed by atoms with van der Waals surface area (Å²) < 4.78 is 16.4. The van der Waals surface area contributed by atoms with Crippen molar-refractivity contribution in [3.63, 3.8) is 0 Å². The van der Waals surface area contributed by atoms with Gasteiger partial charge < -0.3 is 34.2 Å². The van der Waals surface area contributed by atoms with Crippen molar-refractivity contribution in [2.24, 2.45) is 0 Å². The van der Waals surface area contributed by atoms with Crippen LogP contribution in [0.4, 0.5) is 10.6 Å². The highest BCUT2D eigenvalue weighted by Gasteiger charge is 2.28. The van der Waals surface area contributed by atoms with Crippen LogP contribution in [0.25, 0.3) is 22.6 Å². The van der Waals surface area contributed by atoms with Crippen LogP contribution in [0.5, 0.6) is 5.75 Å². The maximum atomic E-state index is 12.2. The first-order valence-electron chi connectivity index (χ1n) is 13.3. The molecule has 1 saturated heterocycles. The molecule has 11 heteroatoms. The maximum absolute atomic E-state index is 12.2. The third kappa shape index (κ3) is 6.85. The predicted molar refractivity (Wildman–Crippen MR) is 148 cm³/mol. The number of aliphatic hydroxyl groups excluding tert-OH is 1. The average Bonchev–Trinajstić information content (AvgIpc) is 3.29. The molecule has 11 nitrogen and oxygen atoms in total. The Morgan fingerprint density at radius 2 is 2.03 bits per heavy atom. The highest BCUT2D eigenvalue weighted by atomic mass is 16.6. The molecular formula is C28H38N6O5. The smallest absolute Gasteiger partial charge is 0.409 e. The summed E-state index contributed by atoms with van der Waals surface area (Å²) in [5, 5.41) is 17.1. The molecule has 1 aliphatic heterocycles. The van der Waals surface area contributed by atoms with Gasteiger partial charge in [0.2, 0.25) is 0 Å². The van der Waals surface area contributed by atoms with Crippen LogP contribution in [-0.2, 0) is 4.74 Å². The van der Waals surface area contributed by atoms with Crippen molar-refractivity contribution in [1.82, 2.24) is 25.3 Å². The summed E-state index contributed by atoms with van der Waals surface area (Å²) in [6.07, 6.45) is 0.721. The summed E-state index contributed by atoms with van der Waals surface area (Å²) in [6.45, 7) is 7.82. The number of hydrogen-bond acceptors (Lipinski definition) is 10. The maximum Gasteiger partial charge on any atom is 0.409 e. The molecule has 0 bridgehead atoms. The molecule has 39 heavy (non-hydrogen) atoms. The van der Waals surface area contributed by atoms with Crippen LogP contribution in [0.15, 0.2) is 34.9 Å². The van der Waals surface area contributed by atoms with Gasteiger partial charge in [0.25, 0.3) is 0 Å². The number of anilines is 1. The number of aromatic nitrogens is 3. The molecule has 4 rings (SSSR count). The van der Waals surface area contributed by atoms with Gasteiger partial charge in [0.15, 0.2) is 5.82 Å². The molecule has 1 amide bonds. The van der Waals surface area contributed by atoms with Gasteiger partial charge in [0, 0.05) is 44.4 Å². The first-order valence-corrected chi connectivity index (χ1v) is 13.3. The minimum absolute atomic E-state index is 0.169. The van der Waals surface area contributed by atoms with Crippen molar-refractivity contribution in [2.45, 2.75) is 45.8 Å². The molecular weight excluding hydrogens is 500 g/mol. The molecule has 1 unspecified atom stereocenters. The summed E-state index contributed by atoms with van der Waals surface area (Å²) >= 11 is 0. The van der Waals surface area contributed by atoms with Gasteiger partial charge in [-0.05, 0) is 52.8 Å². The molecule has 0 saturated carbocycles. The average molecular weight is 539 g/mol. The number of nitrogens with zero attached hydrogens (tertiary/aromatic N) is 5.